The van der Waals surface area contributed by atoms with Crippen molar-refractivity contribution >= 4 is 0 Å². The Kier molecular flexibility index (Phi) is 2.26. The molecule has 1 N–H and O–H groups in total. The molecule has 2 rings (SSSR count). The lowest BCUT2D eigenvalue weighted by Gasteiger charge is -2.22. The Morgan fingerprint density at radius 3 is 2.79 bits per heavy atom. The van der Waals surface area contributed by atoms with Crippen LogP contribution in [0.5, 0.6) is 0 Å². The van der Waals surface area contributed by atoms with Gasteiger partial charge in [0, 0.05) is 19.0 Å². The van der Waals surface area contributed by atoms with Crippen LogP contribution in [0.1, 0.15) is 18.4 Å². The molecule has 0 aliphatic carbocycles. The highest BCUT2D eigenvalue weighted by atomic mass is 14.9. The third-order valence-electron chi connectivity index (χ3n) is 3.07. The van der Waals surface area contributed by atoms with Crippen LogP contribution in [0.2, 0.25) is 0 Å². The molecule has 0 bridgehead atoms. The van der Waals surface area contributed by atoms with Crippen LogP contribution in [0, 0.1) is 16.7 Å². The Morgan fingerprint density at radius 2 is 2.14 bits per heavy atom. The Bertz CT molecular complexity index is 352. The molecule has 0 unspecified atom stereocenters. The molecule has 2 atom stereocenters. The predicted molar refractivity (Wildman–Crippen MR) is 55.8 cm³/mol. The van der Waals surface area contributed by atoms with Crippen molar-refractivity contribution in [1.82, 2.24) is 5.32 Å². The fourth-order valence-corrected chi connectivity index (χ4v) is 2.11. The Labute approximate surface area is 84.6 Å². The zero-order valence-corrected chi connectivity index (χ0v) is 8.33. The molecule has 1 fully saturated rings. The minimum absolute atomic E-state index is 0.249. The van der Waals surface area contributed by atoms with E-state index in [1.54, 1.807) is 0 Å². The first-order chi connectivity index (χ1) is 6.76. The first-order valence-electron chi connectivity index (χ1n) is 4.93. The molecule has 14 heavy (non-hydrogen) atoms. The average molecular weight is 186 g/mol. The molecule has 0 aromatic heterocycles. The fraction of sp³-hybridized carbons (Fsp3) is 0.417. The van der Waals surface area contributed by atoms with Crippen LogP contribution < -0.4 is 5.32 Å². The smallest absolute Gasteiger partial charge is 0.0750 e. The van der Waals surface area contributed by atoms with Crippen molar-refractivity contribution in [2.75, 3.05) is 13.1 Å². The van der Waals surface area contributed by atoms with Crippen LogP contribution >= 0.6 is 0 Å². The highest BCUT2D eigenvalue weighted by Gasteiger charge is 2.39. The van der Waals surface area contributed by atoms with E-state index in [1.807, 2.05) is 25.1 Å². The largest absolute Gasteiger partial charge is 0.314 e. The second kappa shape index (κ2) is 3.43. The van der Waals surface area contributed by atoms with Gasteiger partial charge in [-0.3, -0.25) is 0 Å². The molecule has 72 valence electrons. The summed E-state index contributed by atoms with van der Waals surface area (Å²) >= 11 is 0. The van der Waals surface area contributed by atoms with E-state index >= 15 is 0 Å². The molecular formula is C12H14N2. The standard InChI is InChI=1S/C12H14N2/c1-12(8-13)9-14-7-11(12)10-5-3-2-4-6-10/h2-6,11,14H,7,9H2,1H3/t11-,12+/m0/s1. The van der Waals surface area contributed by atoms with Crippen LogP contribution in [-0.4, -0.2) is 13.1 Å². The maximum absolute atomic E-state index is 9.17. The van der Waals surface area contributed by atoms with Crippen molar-refractivity contribution in [3.8, 4) is 6.07 Å². The summed E-state index contributed by atoms with van der Waals surface area (Å²) in [6.45, 7) is 3.74. The van der Waals surface area contributed by atoms with Crippen LogP contribution in [0.15, 0.2) is 30.3 Å². The summed E-state index contributed by atoms with van der Waals surface area (Å²) in [5.41, 5.74) is 1.02. The van der Waals surface area contributed by atoms with Crippen molar-refractivity contribution in [3.05, 3.63) is 35.9 Å². The third kappa shape index (κ3) is 1.40. The van der Waals surface area contributed by atoms with Gasteiger partial charge in [-0.2, -0.15) is 5.26 Å². The fourth-order valence-electron chi connectivity index (χ4n) is 2.11. The second-order valence-electron chi connectivity index (χ2n) is 4.12. The molecule has 1 heterocycles. The monoisotopic (exact) mass is 186 g/mol. The molecule has 1 aliphatic rings. The van der Waals surface area contributed by atoms with Gasteiger partial charge in [0.15, 0.2) is 0 Å². The number of benzene rings is 1. The van der Waals surface area contributed by atoms with Crippen LogP contribution in [0.3, 0.4) is 0 Å². The zero-order chi connectivity index (χ0) is 10.0. The average Bonchev–Trinajstić information content (AvgIpc) is 2.63. The van der Waals surface area contributed by atoms with Gasteiger partial charge in [0.05, 0.1) is 11.5 Å². The van der Waals surface area contributed by atoms with E-state index in [0.717, 1.165) is 13.1 Å². The normalized spacial score (nSPS) is 31.3. The molecule has 2 nitrogen and oxygen atoms in total. The molecule has 1 saturated heterocycles. The van der Waals surface area contributed by atoms with Crippen LogP contribution in [0.25, 0.3) is 0 Å². The molecule has 0 spiro atoms. The van der Waals surface area contributed by atoms with Crippen molar-refractivity contribution in [2.24, 2.45) is 5.41 Å². The lowest BCUT2D eigenvalue weighted by atomic mass is 9.77. The highest BCUT2D eigenvalue weighted by Crippen LogP contribution is 2.37. The highest BCUT2D eigenvalue weighted by molar-refractivity contribution is 5.27. The predicted octanol–water partition coefficient (Wildman–Crippen LogP) is 1.90. The van der Waals surface area contributed by atoms with Gasteiger partial charge in [-0.25, -0.2) is 0 Å². The van der Waals surface area contributed by atoms with Crippen molar-refractivity contribution in [1.29, 1.82) is 5.26 Å². The number of rotatable bonds is 1. The quantitative estimate of drug-likeness (QED) is 0.727. The minimum Gasteiger partial charge on any atom is -0.314 e. The molecule has 0 saturated carbocycles. The van der Waals surface area contributed by atoms with Crippen molar-refractivity contribution in [3.63, 3.8) is 0 Å². The molecule has 1 aromatic rings. The topological polar surface area (TPSA) is 35.8 Å². The van der Waals surface area contributed by atoms with Gasteiger partial charge in [0.1, 0.15) is 0 Å². The summed E-state index contributed by atoms with van der Waals surface area (Å²) in [5, 5.41) is 12.5. The first-order valence-corrected chi connectivity index (χ1v) is 4.93. The first kappa shape index (κ1) is 9.23. The number of nitrogens with zero attached hydrogens (tertiary/aromatic N) is 1. The lowest BCUT2D eigenvalue weighted by molar-refractivity contribution is 0.437. The van der Waals surface area contributed by atoms with Gasteiger partial charge in [-0.15, -0.1) is 0 Å². The summed E-state index contributed by atoms with van der Waals surface area (Å²) in [7, 11) is 0. The SMILES string of the molecule is C[C@@]1(C#N)CNC[C@H]1c1ccccc1. The van der Waals surface area contributed by atoms with E-state index in [4.69, 9.17) is 5.26 Å². The molecule has 2 heteroatoms. The minimum atomic E-state index is -0.249. The van der Waals surface area contributed by atoms with E-state index in [1.165, 1.54) is 5.56 Å². The Morgan fingerprint density at radius 1 is 1.43 bits per heavy atom. The summed E-state index contributed by atoms with van der Waals surface area (Å²) < 4.78 is 0. The van der Waals surface area contributed by atoms with Crippen molar-refractivity contribution < 1.29 is 0 Å². The third-order valence-corrected chi connectivity index (χ3v) is 3.07. The van der Waals surface area contributed by atoms with Crippen molar-refractivity contribution in [2.45, 2.75) is 12.8 Å². The number of hydrogen-bond donors (Lipinski definition) is 1. The van der Waals surface area contributed by atoms with E-state index < -0.39 is 0 Å². The zero-order valence-electron chi connectivity index (χ0n) is 8.33. The molecule has 1 aromatic carbocycles. The van der Waals surface area contributed by atoms with Gasteiger partial charge < -0.3 is 5.32 Å². The maximum Gasteiger partial charge on any atom is 0.0750 e. The van der Waals surface area contributed by atoms with E-state index in [9.17, 15) is 0 Å². The van der Waals surface area contributed by atoms with Crippen LogP contribution in [-0.2, 0) is 0 Å². The molecular weight excluding hydrogens is 172 g/mol. The number of nitriles is 1. The number of nitrogens with one attached hydrogen (secondary N) is 1. The Balaban J connectivity index is 2.32. The summed E-state index contributed by atoms with van der Waals surface area (Å²) in [6, 6.07) is 12.7. The van der Waals surface area contributed by atoms with Gasteiger partial charge in [-0.05, 0) is 12.5 Å². The molecule has 1 aliphatic heterocycles. The number of hydrogen-bond acceptors (Lipinski definition) is 2. The van der Waals surface area contributed by atoms with Gasteiger partial charge in [0.2, 0.25) is 0 Å². The van der Waals surface area contributed by atoms with E-state index in [-0.39, 0.29) is 5.41 Å². The summed E-state index contributed by atoms with van der Waals surface area (Å²) in [6.07, 6.45) is 0. The van der Waals surface area contributed by atoms with Gasteiger partial charge in [0.25, 0.3) is 0 Å². The molecule has 0 amide bonds. The Hall–Kier alpha value is -1.33. The lowest BCUT2D eigenvalue weighted by Crippen LogP contribution is -2.22. The van der Waals surface area contributed by atoms with E-state index in [2.05, 4.69) is 23.5 Å². The van der Waals surface area contributed by atoms with Gasteiger partial charge in [-0.1, -0.05) is 30.3 Å². The van der Waals surface area contributed by atoms with E-state index in [0.29, 0.717) is 5.92 Å². The summed E-state index contributed by atoms with van der Waals surface area (Å²) in [4.78, 5) is 0. The summed E-state index contributed by atoms with van der Waals surface area (Å²) in [5.74, 6) is 0.327. The second-order valence-corrected chi connectivity index (χ2v) is 4.12. The van der Waals surface area contributed by atoms with Crippen LogP contribution in [0.4, 0.5) is 0 Å². The van der Waals surface area contributed by atoms with Gasteiger partial charge >= 0.3 is 0 Å². The molecule has 0 radical (unpaired) electrons. The maximum atomic E-state index is 9.17.